The highest BCUT2D eigenvalue weighted by Crippen LogP contribution is 2.19. The lowest BCUT2D eigenvalue weighted by atomic mass is 10.2. The minimum absolute atomic E-state index is 0.183. The van der Waals surface area contributed by atoms with Crippen molar-refractivity contribution in [1.82, 2.24) is 5.43 Å². The van der Waals surface area contributed by atoms with E-state index in [1.807, 2.05) is 13.8 Å². The number of rotatable bonds is 7. The van der Waals surface area contributed by atoms with Gasteiger partial charge in [-0.3, -0.25) is 11.3 Å². The maximum absolute atomic E-state index is 5.55. The van der Waals surface area contributed by atoms with Crippen molar-refractivity contribution in [2.75, 3.05) is 12.4 Å². The van der Waals surface area contributed by atoms with Crippen molar-refractivity contribution in [2.24, 2.45) is 5.84 Å². The summed E-state index contributed by atoms with van der Waals surface area (Å²) in [6.45, 7) is 6.81. The van der Waals surface area contributed by atoms with Gasteiger partial charge in [-0.2, -0.15) is 0 Å². The highest BCUT2D eigenvalue weighted by atomic mass is 32.2. The molecule has 3 nitrogen and oxygen atoms in total. The lowest BCUT2D eigenvalue weighted by Gasteiger charge is -2.17. The molecule has 1 aromatic carbocycles. The van der Waals surface area contributed by atoms with E-state index in [0.29, 0.717) is 6.61 Å². The third-order valence-corrected chi connectivity index (χ3v) is 3.46. The van der Waals surface area contributed by atoms with Gasteiger partial charge >= 0.3 is 0 Å². The molecule has 96 valence electrons. The average Bonchev–Trinajstić information content (AvgIpc) is 2.29. The molecule has 0 spiro atoms. The van der Waals surface area contributed by atoms with Gasteiger partial charge in [0.15, 0.2) is 0 Å². The van der Waals surface area contributed by atoms with E-state index >= 15 is 0 Å². The van der Waals surface area contributed by atoms with E-state index in [-0.39, 0.29) is 12.1 Å². The van der Waals surface area contributed by atoms with Crippen molar-refractivity contribution in [2.45, 2.75) is 37.8 Å². The van der Waals surface area contributed by atoms with Crippen LogP contribution in [0.15, 0.2) is 29.2 Å². The molecule has 0 bridgehead atoms. The number of ether oxygens (including phenoxy) is 1. The Hall–Kier alpha value is -0.550. The Morgan fingerprint density at radius 3 is 2.76 bits per heavy atom. The molecule has 0 saturated carbocycles. The molecular formula is C13H22N2OS. The molecule has 0 fully saturated rings. The second-order valence-electron chi connectivity index (χ2n) is 4.37. The minimum atomic E-state index is 0.183. The molecule has 17 heavy (non-hydrogen) atoms. The van der Waals surface area contributed by atoms with Crippen molar-refractivity contribution in [3.05, 3.63) is 29.8 Å². The molecule has 4 heteroatoms. The van der Waals surface area contributed by atoms with Crippen LogP contribution in [0.3, 0.4) is 0 Å². The largest absolute Gasteiger partial charge is 0.377 e. The fourth-order valence-corrected chi connectivity index (χ4v) is 2.38. The first-order valence-corrected chi connectivity index (χ1v) is 6.87. The van der Waals surface area contributed by atoms with E-state index in [1.165, 1.54) is 10.5 Å². The third kappa shape index (κ3) is 6.07. The van der Waals surface area contributed by atoms with Gasteiger partial charge in [-0.25, -0.2) is 0 Å². The van der Waals surface area contributed by atoms with Crippen molar-refractivity contribution < 1.29 is 4.74 Å². The fourth-order valence-electron chi connectivity index (χ4n) is 1.35. The summed E-state index contributed by atoms with van der Waals surface area (Å²) in [7, 11) is 0. The van der Waals surface area contributed by atoms with Crippen molar-refractivity contribution in [3.63, 3.8) is 0 Å². The minimum Gasteiger partial charge on any atom is -0.377 e. The summed E-state index contributed by atoms with van der Waals surface area (Å²) in [4.78, 5) is 1.27. The Morgan fingerprint density at radius 2 is 2.18 bits per heavy atom. The van der Waals surface area contributed by atoms with Crippen molar-refractivity contribution in [1.29, 1.82) is 0 Å². The number of benzene rings is 1. The van der Waals surface area contributed by atoms with E-state index in [0.717, 1.165) is 5.75 Å². The normalized spacial score (nSPS) is 13.0. The second-order valence-corrected chi connectivity index (χ2v) is 5.47. The molecule has 1 aromatic rings. The lowest BCUT2D eigenvalue weighted by Crippen LogP contribution is -2.41. The zero-order valence-electron chi connectivity index (χ0n) is 10.8. The van der Waals surface area contributed by atoms with E-state index in [2.05, 4.69) is 36.6 Å². The Labute approximate surface area is 108 Å². The molecule has 0 saturated heterocycles. The predicted octanol–water partition coefficient (Wildman–Crippen LogP) is 2.34. The standard InChI is InChI=1S/C13H22N2OS/c1-10(2)16-8-12(15-14)9-17-13-6-4-5-11(3)7-13/h4-7,10,12,15H,8-9,14H2,1-3H3. The summed E-state index contributed by atoms with van der Waals surface area (Å²) >= 11 is 1.80. The van der Waals surface area contributed by atoms with E-state index in [1.54, 1.807) is 11.8 Å². The summed E-state index contributed by atoms with van der Waals surface area (Å²) in [5.41, 5.74) is 4.08. The molecule has 0 amide bonds. The smallest absolute Gasteiger partial charge is 0.0644 e. The molecule has 1 rings (SSSR count). The molecule has 0 radical (unpaired) electrons. The highest BCUT2D eigenvalue weighted by Gasteiger charge is 2.08. The lowest BCUT2D eigenvalue weighted by molar-refractivity contribution is 0.0655. The first-order valence-electron chi connectivity index (χ1n) is 5.89. The van der Waals surface area contributed by atoms with Gasteiger partial charge in [0, 0.05) is 10.6 Å². The maximum Gasteiger partial charge on any atom is 0.0644 e. The summed E-state index contributed by atoms with van der Waals surface area (Å²) in [6.07, 6.45) is 0.245. The van der Waals surface area contributed by atoms with Gasteiger partial charge in [0.25, 0.3) is 0 Å². The van der Waals surface area contributed by atoms with Crippen molar-refractivity contribution >= 4 is 11.8 Å². The first kappa shape index (κ1) is 14.5. The van der Waals surface area contributed by atoms with Gasteiger partial charge in [0.2, 0.25) is 0 Å². The average molecular weight is 254 g/mol. The summed E-state index contributed by atoms with van der Waals surface area (Å²) in [6, 6.07) is 8.66. The molecular weight excluding hydrogens is 232 g/mol. The van der Waals surface area contributed by atoms with E-state index < -0.39 is 0 Å². The Kier molecular flexibility index (Phi) is 6.58. The summed E-state index contributed by atoms with van der Waals surface area (Å²) in [5, 5.41) is 0. The van der Waals surface area contributed by atoms with E-state index in [4.69, 9.17) is 10.6 Å². The highest BCUT2D eigenvalue weighted by molar-refractivity contribution is 7.99. The molecule has 3 N–H and O–H groups in total. The zero-order chi connectivity index (χ0) is 12.7. The SMILES string of the molecule is Cc1cccc(SCC(COC(C)C)NN)c1. The van der Waals surface area contributed by atoms with Gasteiger partial charge in [0.1, 0.15) is 0 Å². The van der Waals surface area contributed by atoms with Crippen LogP contribution >= 0.6 is 11.8 Å². The van der Waals surface area contributed by atoms with Crippen LogP contribution in [0.2, 0.25) is 0 Å². The van der Waals surface area contributed by atoms with E-state index in [9.17, 15) is 0 Å². The number of hydrogen-bond acceptors (Lipinski definition) is 4. The van der Waals surface area contributed by atoms with Crippen LogP contribution in [0.1, 0.15) is 19.4 Å². The molecule has 1 unspecified atom stereocenters. The fraction of sp³-hybridized carbons (Fsp3) is 0.538. The second kappa shape index (κ2) is 7.71. The Morgan fingerprint density at radius 1 is 1.41 bits per heavy atom. The van der Waals surface area contributed by atoms with Gasteiger partial charge in [0.05, 0.1) is 18.8 Å². The van der Waals surface area contributed by atoms with Crippen molar-refractivity contribution in [3.8, 4) is 0 Å². The number of nitrogens with two attached hydrogens (primary N) is 1. The number of thioether (sulfide) groups is 1. The number of nitrogens with one attached hydrogen (secondary N) is 1. The van der Waals surface area contributed by atoms with Gasteiger partial charge in [-0.15, -0.1) is 11.8 Å². The maximum atomic E-state index is 5.55. The number of aryl methyl sites for hydroxylation is 1. The van der Waals surface area contributed by atoms with Crippen LogP contribution in [-0.4, -0.2) is 24.5 Å². The van der Waals surface area contributed by atoms with Crippen LogP contribution < -0.4 is 11.3 Å². The third-order valence-electron chi connectivity index (χ3n) is 2.31. The van der Waals surface area contributed by atoms with Crippen LogP contribution in [0.5, 0.6) is 0 Å². The molecule has 0 aliphatic carbocycles. The summed E-state index contributed by atoms with van der Waals surface area (Å²) < 4.78 is 5.55. The van der Waals surface area contributed by atoms with Crippen LogP contribution in [0, 0.1) is 6.92 Å². The van der Waals surface area contributed by atoms with Crippen LogP contribution in [-0.2, 0) is 4.74 Å². The molecule has 0 aromatic heterocycles. The monoisotopic (exact) mass is 254 g/mol. The van der Waals surface area contributed by atoms with Gasteiger partial charge < -0.3 is 4.74 Å². The predicted molar refractivity (Wildman–Crippen MR) is 74.1 cm³/mol. The first-order chi connectivity index (χ1) is 8.11. The molecule has 1 atom stereocenters. The molecule has 0 aliphatic rings. The number of hydrazine groups is 1. The Balaban J connectivity index is 2.37. The molecule has 0 aliphatic heterocycles. The van der Waals surface area contributed by atoms with Crippen LogP contribution in [0.4, 0.5) is 0 Å². The van der Waals surface area contributed by atoms with Crippen LogP contribution in [0.25, 0.3) is 0 Å². The number of hydrogen-bond donors (Lipinski definition) is 2. The quantitative estimate of drug-likeness (QED) is 0.445. The zero-order valence-corrected chi connectivity index (χ0v) is 11.6. The topological polar surface area (TPSA) is 47.3 Å². The van der Waals surface area contributed by atoms with Gasteiger partial charge in [-0.1, -0.05) is 17.7 Å². The summed E-state index contributed by atoms with van der Waals surface area (Å²) in [5.74, 6) is 6.42. The Bertz CT molecular complexity index is 331. The van der Waals surface area contributed by atoms with Gasteiger partial charge in [-0.05, 0) is 32.9 Å². The molecule has 0 heterocycles.